The normalized spacial score (nSPS) is 16.9. The number of benzene rings is 2. The number of piperazine rings is 1. The third kappa shape index (κ3) is 6.16. The summed E-state index contributed by atoms with van der Waals surface area (Å²) in [6.45, 7) is 3.77. The highest BCUT2D eigenvalue weighted by molar-refractivity contribution is 7.88. The van der Waals surface area contributed by atoms with Crippen LogP contribution in [0, 0.1) is 5.41 Å². The molecule has 5 rings (SSSR count). The van der Waals surface area contributed by atoms with E-state index in [1.807, 2.05) is 4.90 Å². The third-order valence-corrected chi connectivity index (χ3v) is 9.42. The van der Waals surface area contributed by atoms with Crippen LogP contribution in [0.4, 0.5) is 5.69 Å². The SMILES string of the molecule is COC(=O)c1ccc(CS(=O)(=O)N2CCN(c3cnn(-c4cccc(Cl)c4)c(=O)c3OCC3(C)CC3)CC2)cc1. The van der Waals surface area contributed by atoms with E-state index in [1.54, 1.807) is 54.7 Å². The average Bonchev–Trinajstić information content (AvgIpc) is 3.69. The fourth-order valence-corrected chi connectivity index (χ4v) is 6.25. The molecule has 0 radical (unpaired) electrons. The lowest BCUT2D eigenvalue weighted by atomic mass is 10.1. The Bertz CT molecular complexity index is 1560. The first kappa shape index (κ1) is 28.1. The standard InChI is InChI=1S/C28H31ClN4O6S/c1-28(10-11-28)19-39-25-24(17-30-33(26(25)34)23-5-3-4-22(29)16-23)31-12-14-32(15-13-31)40(36,37)18-20-6-8-21(9-7-20)27(35)38-2/h3-9,16-17H,10-15,18-19H2,1-2H3. The second-order valence-corrected chi connectivity index (χ2v) is 12.9. The maximum atomic E-state index is 13.6. The van der Waals surface area contributed by atoms with Crippen LogP contribution in [0.3, 0.4) is 0 Å². The van der Waals surface area contributed by atoms with Gasteiger partial charge in [0.1, 0.15) is 5.69 Å². The zero-order valence-corrected chi connectivity index (χ0v) is 23.9. The van der Waals surface area contributed by atoms with Crippen molar-refractivity contribution in [2.75, 3.05) is 44.8 Å². The van der Waals surface area contributed by atoms with Crippen molar-refractivity contribution in [1.29, 1.82) is 0 Å². The van der Waals surface area contributed by atoms with E-state index < -0.39 is 21.6 Å². The molecule has 0 bridgehead atoms. The number of carbonyl (C=O) groups is 1. The summed E-state index contributed by atoms with van der Waals surface area (Å²) < 4.78 is 39.9. The Morgan fingerprint density at radius 2 is 1.77 bits per heavy atom. The lowest BCUT2D eigenvalue weighted by Gasteiger charge is -2.35. The molecule has 1 saturated carbocycles. The summed E-state index contributed by atoms with van der Waals surface area (Å²) in [6, 6.07) is 13.2. The number of aromatic nitrogens is 2. The highest BCUT2D eigenvalue weighted by atomic mass is 35.5. The van der Waals surface area contributed by atoms with Crippen molar-refractivity contribution >= 4 is 33.3 Å². The van der Waals surface area contributed by atoms with Crippen molar-refractivity contribution in [2.24, 2.45) is 5.41 Å². The van der Waals surface area contributed by atoms with Gasteiger partial charge >= 0.3 is 11.5 Å². The summed E-state index contributed by atoms with van der Waals surface area (Å²) in [4.78, 5) is 27.2. The van der Waals surface area contributed by atoms with Crippen molar-refractivity contribution in [2.45, 2.75) is 25.5 Å². The maximum absolute atomic E-state index is 13.6. The van der Waals surface area contributed by atoms with E-state index in [4.69, 9.17) is 21.1 Å². The van der Waals surface area contributed by atoms with Gasteiger partial charge in [-0.2, -0.15) is 14.1 Å². The molecule has 1 saturated heterocycles. The first-order valence-electron chi connectivity index (χ1n) is 13.0. The molecule has 0 atom stereocenters. The smallest absolute Gasteiger partial charge is 0.337 e. The Kier molecular flexibility index (Phi) is 7.89. The van der Waals surface area contributed by atoms with E-state index in [0.29, 0.717) is 47.2 Å². The van der Waals surface area contributed by atoms with Crippen LogP contribution in [-0.4, -0.2) is 68.4 Å². The molecule has 0 amide bonds. The molecule has 1 aromatic heterocycles. The predicted octanol–water partition coefficient (Wildman–Crippen LogP) is 3.50. The summed E-state index contributed by atoms with van der Waals surface area (Å²) in [5, 5.41) is 4.88. The zero-order chi connectivity index (χ0) is 28.5. The number of anilines is 1. The summed E-state index contributed by atoms with van der Waals surface area (Å²) in [5.74, 6) is -0.460. The van der Waals surface area contributed by atoms with Crippen molar-refractivity contribution in [1.82, 2.24) is 14.1 Å². The van der Waals surface area contributed by atoms with E-state index in [9.17, 15) is 18.0 Å². The minimum absolute atomic E-state index is 0.0513. The van der Waals surface area contributed by atoms with Gasteiger partial charge in [0.2, 0.25) is 15.8 Å². The van der Waals surface area contributed by atoms with Crippen molar-refractivity contribution in [3.05, 3.63) is 81.2 Å². The predicted molar refractivity (Wildman–Crippen MR) is 152 cm³/mol. The first-order chi connectivity index (χ1) is 19.1. The largest absolute Gasteiger partial charge is 0.486 e. The molecule has 2 aliphatic rings. The van der Waals surface area contributed by atoms with Crippen LogP contribution in [0.2, 0.25) is 5.02 Å². The number of hydrogen-bond donors (Lipinski definition) is 0. The number of methoxy groups -OCH3 is 1. The average molecular weight is 587 g/mol. The van der Waals surface area contributed by atoms with E-state index >= 15 is 0 Å². The van der Waals surface area contributed by atoms with Gasteiger partial charge in [-0.25, -0.2) is 13.2 Å². The van der Waals surface area contributed by atoms with Crippen LogP contribution < -0.4 is 15.2 Å². The van der Waals surface area contributed by atoms with Crippen molar-refractivity contribution < 1.29 is 22.7 Å². The van der Waals surface area contributed by atoms with E-state index in [0.717, 1.165) is 12.8 Å². The lowest BCUT2D eigenvalue weighted by molar-refractivity contribution is 0.0600. The van der Waals surface area contributed by atoms with Crippen LogP contribution in [0.15, 0.2) is 59.5 Å². The molecule has 1 aliphatic carbocycles. The first-order valence-corrected chi connectivity index (χ1v) is 15.0. The number of halogens is 1. The highest BCUT2D eigenvalue weighted by Crippen LogP contribution is 2.45. The number of hydrogen-bond acceptors (Lipinski definition) is 8. The number of rotatable bonds is 9. The molecule has 12 heteroatoms. The van der Waals surface area contributed by atoms with Gasteiger partial charge in [-0.15, -0.1) is 0 Å². The Balaban J connectivity index is 1.32. The van der Waals surface area contributed by atoms with Gasteiger partial charge in [-0.05, 0) is 48.7 Å². The molecule has 2 aromatic carbocycles. The molecule has 0 N–H and O–H groups in total. The van der Waals surface area contributed by atoms with E-state index in [2.05, 4.69) is 12.0 Å². The Hall–Kier alpha value is -3.41. The van der Waals surface area contributed by atoms with E-state index in [-0.39, 0.29) is 30.0 Å². The molecule has 10 nitrogen and oxygen atoms in total. The third-order valence-electron chi connectivity index (χ3n) is 7.33. The molecular weight excluding hydrogens is 556 g/mol. The fourth-order valence-electron chi connectivity index (χ4n) is 4.55. The summed E-state index contributed by atoms with van der Waals surface area (Å²) in [7, 11) is -2.31. The molecule has 2 fully saturated rings. The molecule has 1 aliphatic heterocycles. The van der Waals surface area contributed by atoms with Crippen LogP contribution in [0.1, 0.15) is 35.7 Å². The topological polar surface area (TPSA) is 111 Å². The molecule has 0 unspecified atom stereocenters. The Morgan fingerprint density at radius 1 is 1.07 bits per heavy atom. The maximum Gasteiger partial charge on any atom is 0.337 e. The van der Waals surface area contributed by atoms with Gasteiger partial charge in [-0.1, -0.05) is 36.7 Å². The molecule has 40 heavy (non-hydrogen) atoms. The number of carbonyl (C=O) groups excluding carboxylic acids is 1. The molecular formula is C28H31ClN4O6S. The van der Waals surface area contributed by atoms with Crippen LogP contribution in [0.5, 0.6) is 5.75 Å². The summed E-state index contributed by atoms with van der Waals surface area (Å²) in [5.41, 5.74) is 1.67. The lowest BCUT2D eigenvalue weighted by Crippen LogP contribution is -2.49. The number of esters is 1. The van der Waals surface area contributed by atoms with E-state index in [1.165, 1.54) is 16.1 Å². The zero-order valence-electron chi connectivity index (χ0n) is 22.4. The quantitative estimate of drug-likeness (QED) is 0.350. The van der Waals surface area contributed by atoms with Crippen molar-refractivity contribution in [3.8, 4) is 11.4 Å². The summed E-state index contributed by atoms with van der Waals surface area (Å²) in [6.07, 6.45) is 3.68. The second kappa shape index (κ2) is 11.2. The van der Waals surface area contributed by atoms with Crippen LogP contribution in [-0.2, 0) is 20.5 Å². The van der Waals surface area contributed by atoms with Gasteiger partial charge in [0.25, 0.3) is 0 Å². The summed E-state index contributed by atoms with van der Waals surface area (Å²) >= 11 is 6.14. The fraction of sp³-hybridized carbons (Fsp3) is 0.393. The van der Waals surface area contributed by atoms with Gasteiger partial charge in [0.05, 0.1) is 36.9 Å². The number of sulfonamides is 1. The van der Waals surface area contributed by atoms with Crippen LogP contribution in [0.25, 0.3) is 5.69 Å². The van der Waals surface area contributed by atoms with Gasteiger partial charge in [0.15, 0.2) is 0 Å². The number of nitrogens with zero attached hydrogens (tertiary/aromatic N) is 4. The van der Waals surface area contributed by atoms with Gasteiger partial charge in [0, 0.05) is 36.6 Å². The highest BCUT2D eigenvalue weighted by Gasteiger charge is 2.39. The minimum Gasteiger partial charge on any atom is -0.486 e. The second-order valence-electron chi connectivity index (χ2n) is 10.5. The Labute approximate surface area is 238 Å². The van der Waals surface area contributed by atoms with Gasteiger partial charge < -0.3 is 14.4 Å². The monoisotopic (exact) mass is 586 g/mol. The number of ether oxygens (including phenoxy) is 2. The Morgan fingerprint density at radius 3 is 2.40 bits per heavy atom. The molecule has 0 spiro atoms. The van der Waals surface area contributed by atoms with Gasteiger partial charge in [-0.3, -0.25) is 4.79 Å². The molecule has 3 aromatic rings. The minimum atomic E-state index is -3.60. The van der Waals surface area contributed by atoms with Crippen molar-refractivity contribution in [3.63, 3.8) is 0 Å². The molecule has 2 heterocycles. The van der Waals surface area contributed by atoms with Crippen LogP contribution >= 0.6 is 11.6 Å². The molecule has 212 valence electrons.